The van der Waals surface area contributed by atoms with Crippen molar-refractivity contribution < 1.29 is 38.7 Å². The molecular weight excluding hydrogens is 410 g/mol. The van der Waals surface area contributed by atoms with Crippen molar-refractivity contribution in [3.05, 3.63) is 0 Å². The number of carbonyl (C=O) groups excluding carboxylic acids is 4. The van der Waals surface area contributed by atoms with E-state index in [1.54, 1.807) is 0 Å². The summed E-state index contributed by atoms with van der Waals surface area (Å²) in [7, 11) is 0. The van der Waals surface area contributed by atoms with Crippen molar-refractivity contribution in [3.8, 4) is 0 Å². The van der Waals surface area contributed by atoms with Crippen LogP contribution in [0.15, 0.2) is 5.16 Å². The van der Waals surface area contributed by atoms with Gasteiger partial charge in [-0.2, -0.15) is 0 Å². The van der Waals surface area contributed by atoms with Gasteiger partial charge in [0.05, 0.1) is 30.8 Å². The summed E-state index contributed by atoms with van der Waals surface area (Å²) in [5, 5.41) is 14.6. The minimum absolute atomic E-state index is 0.0192. The van der Waals surface area contributed by atoms with Gasteiger partial charge < -0.3 is 24.8 Å². The van der Waals surface area contributed by atoms with Crippen LogP contribution in [0.1, 0.15) is 66.2 Å². The Kier molecular flexibility index (Phi) is 10.6. The van der Waals surface area contributed by atoms with Gasteiger partial charge in [-0.15, -0.1) is 10.2 Å². The molecule has 3 amide bonds. The molecule has 0 radical (unpaired) electrons. The Morgan fingerprint density at radius 2 is 1.68 bits per heavy atom. The van der Waals surface area contributed by atoms with Gasteiger partial charge in [0, 0.05) is 38.4 Å². The van der Waals surface area contributed by atoms with Crippen LogP contribution in [0.2, 0.25) is 0 Å². The SMILES string of the molecule is CC(C)(C/C=N/O)OCCC(C)(C)OCCNC(=O)CCC(=O)ON1C(=O)CCC1=O. The fourth-order valence-corrected chi connectivity index (χ4v) is 2.59. The van der Waals surface area contributed by atoms with Gasteiger partial charge in [0.15, 0.2) is 0 Å². The van der Waals surface area contributed by atoms with Crippen LogP contribution in [0.4, 0.5) is 0 Å². The molecule has 1 heterocycles. The van der Waals surface area contributed by atoms with E-state index in [9.17, 15) is 19.2 Å². The molecule has 11 nitrogen and oxygen atoms in total. The summed E-state index contributed by atoms with van der Waals surface area (Å²) in [4.78, 5) is 51.0. The molecule has 0 spiro atoms. The first-order valence-electron chi connectivity index (χ1n) is 10.2. The number of ether oxygens (including phenoxy) is 2. The highest BCUT2D eigenvalue weighted by Gasteiger charge is 2.32. The maximum absolute atomic E-state index is 11.8. The third kappa shape index (κ3) is 10.9. The maximum Gasteiger partial charge on any atom is 0.333 e. The normalized spacial score (nSPS) is 15.0. The van der Waals surface area contributed by atoms with Gasteiger partial charge in [0.1, 0.15) is 0 Å². The van der Waals surface area contributed by atoms with E-state index in [1.807, 2.05) is 27.7 Å². The van der Waals surface area contributed by atoms with Gasteiger partial charge in [-0.3, -0.25) is 14.4 Å². The van der Waals surface area contributed by atoms with Gasteiger partial charge in [-0.25, -0.2) is 4.79 Å². The molecule has 1 aliphatic rings. The van der Waals surface area contributed by atoms with Crippen LogP contribution in [0.25, 0.3) is 0 Å². The van der Waals surface area contributed by atoms with Crippen LogP contribution in [-0.2, 0) is 33.5 Å². The smallest absolute Gasteiger partial charge is 0.333 e. The number of hydrogen-bond acceptors (Lipinski definition) is 9. The predicted molar refractivity (Wildman–Crippen MR) is 109 cm³/mol. The number of rotatable bonds is 14. The molecule has 0 aromatic rings. The molecule has 1 fully saturated rings. The highest BCUT2D eigenvalue weighted by atomic mass is 16.7. The molecule has 1 saturated heterocycles. The van der Waals surface area contributed by atoms with E-state index in [2.05, 4.69) is 10.5 Å². The lowest BCUT2D eigenvalue weighted by Crippen LogP contribution is -2.35. The zero-order chi connectivity index (χ0) is 23.5. The first-order valence-corrected chi connectivity index (χ1v) is 10.2. The number of amides is 3. The summed E-state index contributed by atoms with van der Waals surface area (Å²) < 4.78 is 11.6. The molecule has 0 bridgehead atoms. The summed E-state index contributed by atoms with van der Waals surface area (Å²) in [5.74, 6) is -2.30. The van der Waals surface area contributed by atoms with E-state index < -0.39 is 29.0 Å². The number of carbonyl (C=O) groups is 4. The molecular formula is C20H33N3O8. The molecule has 176 valence electrons. The monoisotopic (exact) mass is 443 g/mol. The van der Waals surface area contributed by atoms with Gasteiger partial charge in [0.25, 0.3) is 11.8 Å². The number of hydroxylamine groups is 2. The van der Waals surface area contributed by atoms with Crippen molar-refractivity contribution in [2.75, 3.05) is 19.8 Å². The molecule has 0 unspecified atom stereocenters. The van der Waals surface area contributed by atoms with E-state index in [-0.39, 0.29) is 44.7 Å². The number of hydrogen-bond donors (Lipinski definition) is 2. The lowest BCUT2D eigenvalue weighted by atomic mass is 10.0. The zero-order valence-electron chi connectivity index (χ0n) is 18.6. The quantitative estimate of drug-likeness (QED) is 0.134. The summed E-state index contributed by atoms with van der Waals surface area (Å²) in [5.41, 5.74) is -0.919. The van der Waals surface area contributed by atoms with E-state index in [1.165, 1.54) is 6.21 Å². The molecule has 31 heavy (non-hydrogen) atoms. The van der Waals surface area contributed by atoms with Crippen molar-refractivity contribution in [1.82, 2.24) is 10.4 Å². The molecule has 11 heteroatoms. The molecule has 0 aliphatic carbocycles. The van der Waals surface area contributed by atoms with Crippen LogP contribution < -0.4 is 5.32 Å². The molecule has 0 atom stereocenters. The minimum Gasteiger partial charge on any atom is -0.411 e. The van der Waals surface area contributed by atoms with Gasteiger partial charge in [-0.05, 0) is 34.1 Å². The molecule has 0 aromatic heterocycles. The largest absolute Gasteiger partial charge is 0.411 e. The Morgan fingerprint density at radius 3 is 2.29 bits per heavy atom. The van der Waals surface area contributed by atoms with Crippen molar-refractivity contribution >= 4 is 29.9 Å². The molecule has 1 rings (SSSR count). The van der Waals surface area contributed by atoms with E-state index in [4.69, 9.17) is 19.5 Å². The number of imide groups is 1. The summed E-state index contributed by atoms with van der Waals surface area (Å²) in [6.07, 6.45) is 2.16. The average molecular weight is 443 g/mol. The van der Waals surface area contributed by atoms with Crippen LogP contribution in [0.3, 0.4) is 0 Å². The van der Waals surface area contributed by atoms with Gasteiger partial charge >= 0.3 is 5.97 Å². The van der Waals surface area contributed by atoms with E-state index in [0.717, 1.165) is 0 Å². The van der Waals surface area contributed by atoms with Crippen LogP contribution in [0, 0.1) is 0 Å². The van der Waals surface area contributed by atoms with Crippen LogP contribution in [-0.4, -0.2) is 71.1 Å². The summed E-state index contributed by atoms with van der Waals surface area (Å²) >= 11 is 0. The highest BCUT2D eigenvalue weighted by Crippen LogP contribution is 2.19. The van der Waals surface area contributed by atoms with E-state index in [0.29, 0.717) is 24.5 Å². The highest BCUT2D eigenvalue weighted by molar-refractivity contribution is 6.01. The molecule has 1 aliphatic heterocycles. The Balaban J connectivity index is 2.17. The molecule has 0 aromatic carbocycles. The zero-order valence-corrected chi connectivity index (χ0v) is 18.6. The number of oxime groups is 1. The first kappa shape index (κ1) is 26.5. The Hall–Kier alpha value is -2.53. The fraction of sp³-hybridized carbons (Fsp3) is 0.750. The van der Waals surface area contributed by atoms with Gasteiger partial charge in [-0.1, -0.05) is 0 Å². The number of nitrogens with one attached hydrogen (secondary N) is 1. The van der Waals surface area contributed by atoms with Crippen molar-refractivity contribution in [2.24, 2.45) is 5.16 Å². The number of nitrogens with zero attached hydrogens (tertiary/aromatic N) is 2. The van der Waals surface area contributed by atoms with Crippen LogP contribution >= 0.6 is 0 Å². The fourth-order valence-electron chi connectivity index (χ4n) is 2.59. The second-order valence-electron chi connectivity index (χ2n) is 8.36. The third-order valence-corrected chi connectivity index (χ3v) is 4.53. The first-order chi connectivity index (χ1) is 14.5. The average Bonchev–Trinajstić information content (AvgIpc) is 3.00. The molecule has 0 saturated carbocycles. The Labute approximate surface area is 182 Å². The lowest BCUT2D eigenvalue weighted by Gasteiger charge is -2.29. The van der Waals surface area contributed by atoms with Crippen molar-refractivity contribution in [2.45, 2.75) is 77.4 Å². The summed E-state index contributed by atoms with van der Waals surface area (Å²) in [6.45, 7) is 8.62. The topological polar surface area (TPSA) is 144 Å². The maximum atomic E-state index is 11.8. The second kappa shape index (κ2) is 12.4. The third-order valence-electron chi connectivity index (χ3n) is 4.53. The Bertz CT molecular complexity index is 659. The van der Waals surface area contributed by atoms with Gasteiger partial charge in [0.2, 0.25) is 5.91 Å². The van der Waals surface area contributed by atoms with Crippen molar-refractivity contribution in [1.29, 1.82) is 0 Å². The second-order valence-corrected chi connectivity index (χ2v) is 8.36. The lowest BCUT2D eigenvalue weighted by molar-refractivity contribution is -0.197. The summed E-state index contributed by atoms with van der Waals surface area (Å²) in [6, 6.07) is 0. The predicted octanol–water partition coefficient (Wildman–Crippen LogP) is 1.32. The molecule has 2 N–H and O–H groups in total. The minimum atomic E-state index is -0.815. The Morgan fingerprint density at radius 1 is 1.06 bits per heavy atom. The van der Waals surface area contributed by atoms with Crippen molar-refractivity contribution in [3.63, 3.8) is 0 Å². The van der Waals surface area contributed by atoms with Crippen LogP contribution in [0.5, 0.6) is 0 Å². The van der Waals surface area contributed by atoms with E-state index >= 15 is 0 Å². The standard InChI is InChI=1S/C20H33N3O8/c1-19(2,9-11-22-28)29-13-10-20(3,4)30-14-12-21-15(24)5-8-18(27)31-23-16(25)6-7-17(23)26/h11,28H,5-10,12-14H2,1-4H3,(H,21,24)/b22-11+.